The summed E-state index contributed by atoms with van der Waals surface area (Å²) in [6.45, 7) is 8.77. The number of nitrogens with two attached hydrogens (primary N) is 1. The first kappa shape index (κ1) is 11.3. The second-order valence-electron chi connectivity index (χ2n) is 3.64. The summed E-state index contributed by atoms with van der Waals surface area (Å²) in [7, 11) is 0. The van der Waals surface area contributed by atoms with E-state index in [1.165, 1.54) is 23.0 Å². The van der Waals surface area contributed by atoms with E-state index in [1.54, 1.807) is 0 Å². The summed E-state index contributed by atoms with van der Waals surface area (Å²) in [5.74, 6) is 1.35. The fraction of sp³-hybridized carbons (Fsp3) is 0.700. The van der Waals surface area contributed by atoms with Crippen molar-refractivity contribution in [2.45, 2.75) is 27.2 Å². The molecule has 3 nitrogen and oxygen atoms in total. The highest BCUT2D eigenvalue weighted by Gasteiger charge is 2.10. The topological polar surface area (TPSA) is 42.1 Å². The van der Waals surface area contributed by atoms with Gasteiger partial charge in [0.2, 0.25) is 0 Å². The van der Waals surface area contributed by atoms with Gasteiger partial charge in [-0.1, -0.05) is 20.3 Å². The first-order valence-electron chi connectivity index (χ1n) is 5.14. The van der Waals surface area contributed by atoms with Gasteiger partial charge in [0.25, 0.3) is 0 Å². The lowest BCUT2D eigenvalue weighted by Crippen LogP contribution is -2.27. The molecule has 0 radical (unpaired) electrons. The average Bonchev–Trinajstić information content (AvgIpc) is 2.60. The Morgan fingerprint density at radius 2 is 2.29 bits per heavy atom. The van der Waals surface area contributed by atoms with E-state index in [9.17, 15) is 0 Å². The maximum atomic E-state index is 5.61. The summed E-state index contributed by atoms with van der Waals surface area (Å²) in [5.41, 5.74) is 5.61. The number of hydrogen-bond acceptors (Lipinski definition) is 4. The van der Waals surface area contributed by atoms with Gasteiger partial charge >= 0.3 is 0 Å². The van der Waals surface area contributed by atoms with Crippen molar-refractivity contribution in [1.29, 1.82) is 0 Å². The molecule has 14 heavy (non-hydrogen) atoms. The number of anilines is 2. The molecule has 4 heteroatoms. The Bertz CT molecular complexity index is 272. The van der Waals surface area contributed by atoms with Crippen molar-refractivity contribution in [2.24, 2.45) is 5.92 Å². The van der Waals surface area contributed by atoms with E-state index < -0.39 is 0 Å². The molecule has 1 rings (SSSR count). The van der Waals surface area contributed by atoms with E-state index in [1.807, 2.05) is 6.07 Å². The van der Waals surface area contributed by atoms with Gasteiger partial charge in [-0.2, -0.15) is 4.37 Å². The van der Waals surface area contributed by atoms with Gasteiger partial charge in [-0.25, -0.2) is 0 Å². The Morgan fingerprint density at radius 1 is 1.57 bits per heavy atom. The largest absolute Gasteiger partial charge is 0.383 e. The van der Waals surface area contributed by atoms with Crippen LogP contribution in [0.1, 0.15) is 27.2 Å². The monoisotopic (exact) mass is 213 g/mol. The number of nitrogens with zero attached hydrogens (tertiary/aromatic N) is 2. The molecule has 0 spiro atoms. The fourth-order valence-corrected chi connectivity index (χ4v) is 2.05. The Kier molecular flexibility index (Phi) is 4.20. The average molecular weight is 213 g/mol. The van der Waals surface area contributed by atoms with Crippen molar-refractivity contribution in [3.05, 3.63) is 6.07 Å². The molecule has 2 N–H and O–H groups in total. The van der Waals surface area contributed by atoms with E-state index in [0.717, 1.165) is 19.0 Å². The third-order valence-corrected chi connectivity index (χ3v) is 3.30. The molecule has 0 fully saturated rings. The first-order chi connectivity index (χ1) is 6.67. The van der Waals surface area contributed by atoms with Crippen LogP contribution in [-0.2, 0) is 0 Å². The van der Waals surface area contributed by atoms with Crippen molar-refractivity contribution < 1.29 is 0 Å². The third-order valence-electron chi connectivity index (χ3n) is 2.44. The molecule has 1 atom stereocenters. The Labute approximate surface area is 90.1 Å². The van der Waals surface area contributed by atoms with E-state index in [0.29, 0.717) is 5.82 Å². The maximum absolute atomic E-state index is 5.61. The van der Waals surface area contributed by atoms with Crippen LogP contribution in [0, 0.1) is 5.92 Å². The Balaban J connectivity index is 2.62. The lowest BCUT2D eigenvalue weighted by Gasteiger charge is -2.23. The number of aromatic nitrogens is 1. The molecule has 0 bridgehead atoms. The van der Waals surface area contributed by atoms with Crippen molar-refractivity contribution in [1.82, 2.24) is 4.37 Å². The Hall–Kier alpha value is -0.770. The van der Waals surface area contributed by atoms with Crippen molar-refractivity contribution in [3.63, 3.8) is 0 Å². The molecule has 0 saturated heterocycles. The molecule has 1 heterocycles. The summed E-state index contributed by atoms with van der Waals surface area (Å²) in [6, 6.07) is 1.95. The molecule has 1 aromatic rings. The standard InChI is InChI=1S/C10H19N3S/c1-4-8(3)7-13(5-2)10-6-9(11)12-14-10/h6,8H,4-5,7H2,1-3H3,(H2,11,12). The van der Waals surface area contributed by atoms with Gasteiger partial charge in [-0.05, 0) is 24.4 Å². The summed E-state index contributed by atoms with van der Waals surface area (Å²) in [5, 5.41) is 1.19. The molecule has 1 unspecified atom stereocenters. The minimum absolute atomic E-state index is 0.632. The predicted molar refractivity (Wildman–Crippen MR) is 63.9 cm³/mol. The molecule has 0 aliphatic heterocycles. The smallest absolute Gasteiger partial charge is 0.139 e. The zero-order valence-corrected chi connectivity index (χ0v) is 9.97. The van der Waals surface area contributed by atoms with E-state index in [-0.39, 0.29) is 0 Å². The van der Waals surface area contributed by atoms with Crippen LogP contribution < -0.4 is 10.6 Å². The second kappa shape index (κ2) is 5.20. The summed E-state index contributed by atoms with van der Waals surface area (Å²) in [4.78, 5) is 2.34. The van der Waals surface area contributed by atoms with Crippen molar-refractivity contribution in [2.75, 3.05) is 23.7 Å². The minimum atomic E-state index is 0.632. The molecule has 1 aromatic heterocycles. The van der Waals surface area contributed by atoms with Crippen LogP contribution in [0.2, 0.25) is 0 Å². The molecule has 0 aliphatic rings. The Morgan fingerprint density at radius 3 is 2.71 bits per heavy atom. The first-order valence-corrected chi connectivity index (χ1v) is 5.91. The lowest BCUT2D eigenvalue weighted by atomic mass is 10.1. The van der Waals surface area contributed by atoms with Gasteiger partial charge in [0.1, 0.15) is 10.8 Å². The van der Waals surface area contributed by atoms with Gasteiger partial charge in [0.15, 0.2) is 0 Å². The number of hydrogen-bond donors (Lipinski definition) is 1. The zero-order chi connectivity index (χ0) is 10.6. The van der Waals surface area contributed by atoms with Crippen LogP contribution in [0.3, 0.4) is 0 Å². The highest BCUT2D eigenvalue weighted by molar-refractivity contribution is 7.10. The molecule has 0 aromatic carbocycles. The highest BCUT2D eigenvalue weighted by atomic mass is 32.1. The molecular formula is C10H19N3S. The number of nitrogen functional groups attached to an aromatic ring is 1. The fourth-order valence-electron chi connectivity index (χ4n) is 1.31. The normalized spacial score (nSPS) is 12.8. The molecule has 0 aliphatic carbocycles. The second-order valence-corrected chi connectivity index (χ2v) is 4.43. The van der Waals surface area contributed by atoms with Crippen LogP contribution in [0.4, 0.5) is 10.8 Å². The maximum Gasteiger partial charge on any atom is 0.139 e. The van der Waals surface area contributed by atoms with E-state index >= 15 is 0 Å². The summed E-state index contributed by atoms with van der Waals surface area (Å²) < 4.78 is 4.10. The van der Waals surface area contributed by atoms with Gasteiger partial charge in [0.05, 0.1) is 0 Å². The van der Waals surface area contributed by atoms with Crippen LogP contribution >= 0.6 is 11.5 Å². The molecule has 0 saturated carbocycles. The molecular weight excluding hydrogens is 194 g/mol. The van der Waals surface area contributed by atoms with E-state index in [2.05, 4.69) is 30.0 Å². The zero-order valence-electron chi connectivity index (χ0n) is 9.16. The SMILES string of the molecule is CCC(C)CN(CC)c1cc(N)ns1. The number of rotatable bonds is 5. The summed E-state index contributed by atoms with van der Waals surface area (Å²) in [6.07, 6.45) is 1.21. The van der Waals surface area contributed by atoms with Gasteiger partial charge < -0.3 is 10.6 Å². The summed E-state index contributed by atoms with van der Waals surface area (Å²) >= 11 is 1.49. The van der Waals surface area contributed by atoms with Crippen LogP contribution in [0.15, 0.2) is 6.07 Å². The third kappa shape index (κ3) is 2.87. The molecule has 0 amide bonds. The van der Waals surface area contributed by atoms with Gasteiger partial charge in [-0.15, -0.1) is 0 Å². The van der Waals surface area contributed by atoms with E-state index in [4.69, 9.17) is 5.73 Å². The van der Waals surface area contributed by atoms with Crippen LogP contribution in [0.25, 0.3) is 0 Å². The van der Waals surface area contributed by atoms with Gasteiger partial charge in [0, 0.05) is 19.2 Å². The van der Waals surface area contributed by atoms with Crippen molar-refractivity contribution in [3.8, 4) is 0 Å². The molecule has 80 valence electrons. The van der Waals surface area contributed by atoms with Crippen LogP contribution in [0.5, 0.6) is 0 Å². The van der Waals surface area contributed by atoms with Gasteiger partial charge in [-0.3, -0.25) is 0 Å². The van der Waals surface area contributed by atoms with Crippen molar-refractivity contribution >= 4 is 22.4 Å². The quantitative estimate of drug-likeness (QED) is 0.817. The predicted octanol–water partition coefficient (Wildman–Crippen LogP) is 2.60. The van der Waals surface area contributed by atoms with Crippen LogP contribution in [-0.4, -0.2) is 17.5 Å². The highest BCUT2D eigenvalue weighted by Crippen LogP contribution is 2.23. The minimum Gasteiger partial charge on any atom is -0.383 e. The lowest BCUT2D eigenvalue weighted by molar-refractivity contribution is 0.549.